The molecule has 0 radical (unpaired) electrons. The van der Waals surface area contributed by atoms with Crippen molar-refractivity contribution < 1.29 is 9.90 Å². The molecule has 3 N–H and O–H groups in total. The number of nitrogens with one attached hydrogen (secondary N) is 2. The Morgan fingerprint density at radius 3 is 2.81 bits per heavy atom. The summed E-state index contributed by atoms with van der Waals surface area (Å²) in [7, 11) is 0. The summed E-state index contributed by atoms with van der Waals surface area (Å²) in [5.41, 5.74) is 2.18. The van der Waals surface area contributed by atoms with Gasteiger partial charge in [0, 0.05) is 18.7 Å². The zero-order valence-corrected chi connectivity index (χ0v) is 12.2. The van der Waals surface area contributed by atoms with Crippen LogP contribution in [0.4, 0.5) is 0 Å². The van der Waals surface area contributed by atoms with Crippen molar-refractivity contribution in [3.63, 3.8) is 0 Å². The Balaban J connectivity index is 1.96. The SMILES string of the molecule is CCC(CCO)CNC(=O)c1cc(-c2ccccc2)n[nH]1. The molecular formula is C16H21N3O2. The minimum atomic E-state index is -0.166. The number of aliphatic hydroxyl groups excluding tert-OH is 1. The molecule has 112 valence electrons. The largest absolute Gasteiger partial charge is 0.396 e. The van der Waals surface area contributed by atoms with Crippen LogP contribution in [0, 0.1) is 5.92 Å². The van der Waals surface area contributed by atoms with E-state index in [1.165, 1.54) is 0 Å². The van der Waals surface area contributed by atoms with E-state index in [4.69, 9.17) is 5.11 Å². The van der Waals surface area contributed by atoms with Gasteiger partial charge in [0.1, 0.15) is 5.69 Å². The van der Waals surface area contributed by atoms with E-state index >= 15 is 0 Å². The molecule has 21 heavy (non-hydrogen) atoms. The third-order valence-electron chi connectivity index (χ3n) is 3.56. The lowest BCUT2D eigenvalue weighted by molar-refractivity contribution is 0.0938. The van der Waals surface area contributed by atoms with Crippen LogP contribution in [0.1, 0.15) is 30.3 Å². The average Bonchev–Trinajstić information content (AvgIpc) is 3.02. The second kappa shape index (κ2) is 7.59. The lowest BCUT2D eigenvalue weighted by atomic mass is 10.0. The van der Waals surface area contributed by atoms with Gasteiger partial charge in [0.15, 0.2) is 0 Å². The van der Waals surface area contributed by atoms with E-state index in [9.17, 15) is 4.79 Å². The number of hydrogen-bond donors (Lipinski definition) is 3. The highest BCUT2D eigenvalue weighted by Gasteiger charge is 2.12. The molecule has 0 spiro atoms. The van der Waals surface area contributed by atoms with E-state index in [1.807, 2.05) is 30.3 Å². The molecule has 0 aliphatic carbocycles. The molecule has 2 aromatic rings. The lowest BCUT2D eigenvalue weighted by Crippen LogP contribution is -2.29. The zero-order chi connectivity index (χ0) is 15.1. The third-order valence-corrected chi connectivity index (χ3v) is 3.56. The first-order valence-electron chi connectivity index (χ1n) is 7.24. The van der Waals surface area contributed by atoms with Crippen LogP contribution >= 0.6 is 0 Å². The van der Waals surface area contributed by atoms with Gasteiger partial charge < -0.3 is 10.4 Å². The molecule has 0 aliphatic rings. The number of H-pyrrole nitrogens is 1. The Hall–Kier alpha value is -2.14. The van der Waals surface area contributed by atoms with E-state index < -0.39 is 0 Å². The molecule has 0 fully saturated rings. The Labute approximate surface area is 124 Å². The van der Waals surface area contributed by atoms with Crippen molar-refractivity contribution in [2.24, 2.45) is 5.92 Å². The summed E-state index contributed by atoms with van der Waals surface area (Å²) in [6.45, 7) is 2.77. The van der Waals surface area contributed by atoms with Crippen LogP contribution in [0.25, 0.3) is 11.3 Å². The topological polar surface area (TPSA) is 78.0 Å². The molecule has 0 saturated carbocycles. The molecule has 1 atom stereocenters. The smallest absolute Gasteiger partial charge is 0.269 e. The number of amides is 1. The second-order valence-electron chi connectivity index (χ2n) is 5.03. The standard InChI is InChI=1S/C16H21N3O2/c1-2-12(8-9-20)11-17-16(21)15-10-14(18-19-15)13-6-4-3-5-7-13/h3-7,10,12,20H,2,8-9,11H2,1H3,(H,17,21)(H,18,19). The number of benzene rings is 1. The number of rotatable bonds is 7. The monoisotopic (exact) mass is 287 g/mol. The molecule has 5 nitrogen and oxygen atoms in total. The van der Waals surface area contributed by atoms with Crippen LogP contribution < -0.4 is 5.32 Å². The first kappa shape index (κ1) is 15.3. The number of hydrogen-bond acceptors (Lipinski definition) is 3. The zero-order valence-electron chi connectivity index (χ0n) is 12.2. The number of aliphatic hydroxyl groups is 1. The summed E-state index contributed by atoms with van der Waals surface area (Å²) in [4.78, 5) is 12.1. The summed E-state index contributed by atoms with van der Waals surface area (Å²) in [6.07, 6.45) is 1.63. The quantitative estimate of drug-likeness (QED) is 0.730. The first-order chi connectivity index (χ1) is 10.2. The van der Waals surface area contributed by atoms with E-state index in [2.05, 4.69) is 22.4 Å². The van der Waals surface area contributed by atoms with Crippen molar-refractivity contribution >= 4 is 5.91 Å². The van der Waals surface area contributed by atoms with Crippen molar-refractivity contribution in [1.82, 2.24) is 15.5 Å². The second-order valence-corrected chi connectivity index (χ2v) is 5.03. The highest BCUT2D eigenvalue weighted by molar-refractivity contribution is 5.93. The third kappa shape index (κ3) is 4.16. The average molecular weight is 287 g/mol. The van der Waals surface area contributed by atoms with Crippen LogP contribution in [-0.4, -0.2) is 34.4 Å². The van der Waals surface area contributed by atoms with Gasteiger partial charge in [-0.3, -0.25) is 9.89 Å². The first-order valence-corrected chi connectivity index (χ1v) is 7.24. The highest BCUT2D eigenvalue weighted by Crippen LogP contribution is 2.16. The van der Waals surface area contributed by atoms with Gasteiger partial charge >= 0.3 is 0 Å². The summed E-state index contributed by atoms with van der Waals surface area (Å²) >= 11 is 0. The summed E-state index contributed by atoms with van der Waals surface area (Å²) in [5.74, 6) is 0.136. The number of carbonyl (C=O) groups excluding carboxylic acids is 1. The van der Waals surface area contributed by atoms with Crippen LogP contribution in [0.15, 0.2) is 36.4 Å². The van der Waals surface area contributed by atoms with E-state index in [-0.39, 0.29) is 12.5 Å². The predicted molar refractivity (Wildman–Crippen MR) is 81.8 cm³/mol. The molecule has 2 rings (SSSR count). The van der Waals surface area contributed by atoms with Crippen LogP contribution in [0.2, 0.25) is 0 Å². The van der Waals surface area contributed by atoms with Crippen molar-refractivity contribution in [3.8, 4) is 11.3 Å². The molecule has 1 unspecified atom stereocenters. The van der Waals surface area contributed by atoms with Gasteiger partial charge in [-0.15, -0.1) is 0 Å². The highest BCUT2D eigenvalue weighted by atomic mass is 16.3. The minimum absolute atomic E-state index is 0.149. The molecular weight excluding hydrogens is 266 g/mol. The van der Waals surface area contributed by atoms with Crippen LogP contribution in [0.3, 0.4) is 0 Å². The number of aromatic nitrogens is 2. The maximum Gasteiger partial charge on any atom is 0.269 e. The Morgan fingerprint density at radius 1 is 1.38 bits per heavy atom. The Morgan fingerprint density at radius 2 is 2.14 bits per heavy atom. The fourth-order valence-electron chi connectivity index (χ4n) is 2.16. The molecule has 0 aliphatic heterocycles. The predicted octanol–water partition coefficient (Wildman–Crippen LogP) is 2.22. The van der Waals surface area contributed by atoms with E-state index in [0.29, 0.717) is 24.6 Å². The summed E-state index contributed by atoms with van der Waals surface area (Å²) < 4.78 is 0. The normalized spacial score (nSPS) is 12.1. The number of carbonyl (C=O) groups is 1. The molecule has 1 aromatic heterocycles. The Bertz CT molecular complexity index is 566. The fraction of sp³-hybridized carbons (Fsp3) is 0.375. The van der Waals surface area contributed by atoms with E-state index in [0.717, 1.165) is 17.7 Å². The maximum atomic E-state index is 12.1. The van der Waals surface area contributed by atoms with Crippen LogP contribution in [0.5, 0.6) is 0 Å². The summed E-state index contributed by atoms with van der Waals surface area (Å²) in [6, 6.07) is 11.5. The van der Waals surface area contributed by atoms with Crippen molar-refractivity contribution in [1.29, 1.82) is 0 Å². The van der Waals surface area contributed by atoms with Gasteiger partial charge in [-0.25, -0.2) is 0 Å². The molecule has 0 saturated heterocycles. The van der Waals surface area contributed by atoms with Gasteiger partial charge in [-0.1, -0.05) is 43.7 Å². The van der Waals surface area contributed by atoms with Gasteiger partial charge in [0.05, 0.1) is 5.69 Å². The molecule has 1 aromatic carbocycles. The fourth-order valence-corrected chi connectivity index (χ4v) is 2.16. The van der Waals surface area contributed by atoms with Crippen LogP contribution in [-0.2, 0) is 0 Å². The molecule has 1 heterocycles. The number of nitrogens with zero attached hydrogens (tertiary/aromatic N) is 1. The van der Waals surface area contributed by atoms with Crippen molar-refractivity contribution in [3.05, 3.63) is 42.1 Å². The van der Waals surface area contributed by atoms with E-state index in [1.54, 1.807) is 6.07 Å². The molecule has 5 heteroatoms. The van der Waals surface area contributed by atoms with Gasteiger partial charge in [-0.05, 0) is 18.4 Å². The van der Waals surface area contributed by atoms with Gasteiger partial charge in [0.25, 0.3) is 5.91 Å². The summed E-state index contributed by atoms with van der Waals surface area (Å²) in [5, 5.41) is 18.8. The Kier molecular flexibility index (Phi) is 5.51. The number of aromatic amines is 1. The van der Waals surface area contributed by atoms with Gasteiger partial charge in [0.2, 0.25) is 0 Å². The molecule has 0 bridgehead atoms. The maximum absolute atomic E-state index is 12.1. The van der Waals surface area contributed by atoms with Gasteiger partial charge in [-0.2, -0.15) is 5.10 Å². The lowest BCUT2D eigenvalue weighted by Gasteiger charge is -2.13. The molecule has 1 amide bonds. The van der Waals surface area contributed by atoms with Crippen molar-refractivity contribution in [2.45, 2.75) is 19.8 Å². The minimum Gasteiger partial charge on any atom is -0.396 e. The van der Waals surface area contributed by atoms with Crippen molar-refractivity contribution in [2.75, 3.05) is 13.2 Å².